The number of carbonyl (C=O) groups is 1. The highest BCUT2D eigenvalue weighted by Gasteiger charge is 2.40. The standard InChI is InChI=1S/C22H19F5N6O2/c1-11(23)17-10-35-21(34)33(17)19-15(24)9-30-20(32-19)31-12(2)16-4-3-14(8-29-16)13-5-6-28-18(7-13)22(25,26)27/h3-9,11-12,17H,10H2,1-2H3,(H,30,31,32)/t11-,12-,17+/m0/s1. The monoisotopic (exact) mass is 494 g/mol. The lowest BCUT2D eigenvalue weighted by molar-refractivity contribution is -0.141. The second kappa shape index (κ2) is 9.39. The van der Waals surface area contributed by atoms with Crippen molar-refractivity contribution in [3.63, 3.8) is 0 Å². The van der Waals surface area contributed by atoms with Crippen LogP contribution in [0.25, 0.3) is 11.1 Å². The summed E-state index contributed by atoms with van der Waals surface area (Å²) in [5, 5.41) is 2.91. The first-order valence-electron chi connectivity index (χ1n) is 10.4. The number of nitrogens with one attached hydrogen (secondary N) is 1. The second-order valence-corrected chi connectivity index (χ2v) is 7.82. The van der Waals surface area contributed by atoms with Gasteiger partial charge in [0.05, 0.1) is 17.9 Å². The number of cyclic esters (lactones) is 1. The molecule has 1 saturated heterocycles. The fourth-order valence-corrected chi connectivity index (χ4v) is 3.48. The second-order valence-electron chi connectivity index (χ2n) is 7.82. The van der Waals surface area contributed by atoms with E-state index in [2.05, 4.69) is 25.3 Å². The minimum Gasteiger partial charge on any atom is -0.447 e. The van der Waals surface area contributed by atoms with Crippen LogP contribution >= 0.6 is 0 Å². The Morgan fingerprint density at radius 3 is 2.54 bits per heavy atom. The summed E-state index contributed by atoms with van der Waals surface area (Å²) in [6.45, 7) is 2.70. The molecule has 0 aliphatic carbocycles. The zero-order valence-corrected chi connectivity index (χ0v) is 18.4. The number of amides is 1. The first-order chi connectivity index (χ1) is 16.5. The molecule has 1 fully saturated rings. The molecule has 3 atom stereocenters. The van der Waals surface area contributed by atoms with Gasteiger partial charge in [-0.2, -0.15) is 18.2 Å². The van der Waals surface area contributed by atoms with Gasteiger partial charge in [0, 0.05) is 18.0 Å². The Labute approximate surface area is 196 Å². The topological polar surface area (TPSA) is 93.1 Å². The summed E-state index contributed by atoms with van der Waals surface area (Å²) in [5.74, 6) is -1.40. The molecule has 1 amide bonds. The van der Waals surface area contributed by atoms with Gasteiger partial charge in [0.25, 0.3) is 0 Å². The molecule has 0 unspecified atom stereocenters. The lowest BCUT2D eigenvalue weighted by atomic mass is 10.1. The number of hydrogen-bond donors (Lipinski definition) is 1. The fourth-order valence-electron chi connectivity index (χ4n) is 3.48. The smallest absolute Gasteiger partial charge is 0.433 e. The highest BCUT2D eigenvalue weighted by Crippen LogP contribution is 2.31. The van der Waals surface area contributed by atoms with Crippen molar-refractivity contribution in [3.8, 4) is 11.1 Å². The third kappa shape index (κ3) is 5.12. The van der Waals surface area contributed by atoms with E-state index in [1.165, 1.54) is 19.2 Å². The van der Waals surface area contributed by atoms with Gasteiger partial charge in [-0.05, 0) is 37.6 Å². The molecule has 184 valence electrons. The predicted molar refractivity (Wildman–Crippen MR) is 115 cm³/mol. The molecule has 13 heteroatoms. The Kier molecular flexibility index (Phi) is 6.50. The molecule has 4 rings (SSSR count). The van der Waals surface area contributed by atoms with Crippen LogP contribution in [-0.2, 0) is 10.9 Å². The highest BCUT2D eigenvalue weighted by molar-refractivity contribution is 5.89. The summed E-state index contributed by atoms with van der Waals surface area (Å²) in [6, 6.07) is 4.03. The van der Waals surface area contributed by atoms with Crippen LogP contribution in [0.15, 0.2) is 42.9 Å². The van der Waals surface area contributed by atoms with Gasteiger partial charge in [0.1, 0.15) is 24.5 Å². The largest absolute Gasteiger partial charge is 0.447 e. The first kappa shape index (κ1) is 24.2. The van der Waals surface area contributed by atoms with Crippen molar-refractivity contribution in [2.75, 3.05) is 16.8 Å². The molecule has 35 heavy (non-hydrogen) atoms. The van der Waals surface area contributed by atoms with Crippen LogP contribution in [0.4, 0.5) is 38.5 Å². The summed E-state index contributed by atoms with van der Waals surface area (Å²) in [4.78, 5) is 28.3. The van der Waals surface area contributed by atoms with Gasteiger partial charge < -0.3 is 10.1 Å². The molecular weight excluding hydrogens is 475 g/mol. The zero-order valence-electron chi connectivity index (χ0n) is 18.4. The number of halogens is 5. The quantitative estimate of drug-likeness (QED) is 0.485. The maximum atomic E-state index is 14.4. The number of aromatic nitrogens is 4. The Hall–Kier alpha value is -3.90. The van der Waals surface area contributed by atoms with E-state index in [1.54, 1.807) is 19.1 Å². The SMILES string of the molecule is C[C@H](Nc1ncc(F)c(N2C(=O)OC[C@@H]2[C@H](C)F)n1)c1ccc(-c2ccnc(C(F)(F)F)c2)cn1. The maximum absolute atomic E-state index is 14.4. The molecule has 8 nitrogen and oxygen atoms in total. The lowest BCUT2D eigenvalue weighted by Gasteiger charge is -2.22. The zero-order chi connectivity index (χ0) is 25.3. The van der Waals surface area contributed by atoms with Crippen molar-refractivity contribution < 1.29 is 31.5 Å². The van der Waals surface area contributed by atoms with Gasteiger partial charge in [0.15, 0.2) is 11.6 Å². The van der Waals surface area contributed by atoms with Crippen LogP contribution in [0, 0.1) is 5.82 Å². The highest BCUT2D eigenvalue weighted by atomic mass is 19.4. The number of ether oxygens (including phenoxy) is 1. The van der Waals surface area contributed by atoms with Crippen molar-refractivity contribution in [2.45, 2.75) is 38.3 Å². The normalized spacial score (nSPS) is 17.7. The summed E-state index contributed by atoms with van der Waals surface area (Å²) in [5.41, 5.74) is 0.231. The summed E-state index contributed by atoms with van der Waals surface area (Å²) >= 11 is 0. The van der Waals surface area contributed by atoms with Gasteiger partial charge in [-0.3, -0.25) is 9.97 Å². The molecular formula is C22H19F5N6O2. The molecule has 3 aromatic rings. The van der Waals surface area contributed by atoms with Crippen molar-refractivity contribution >= 4 is 17.9 Å². The van der Waals surface area contributed by atoms with Crippen molar-refractivity contribution in [1.29, 1.82) is 0 Å². The Balaban J connectivity index is 1.52. The molecule has 0 spiro atoms. The van der Waals surface area contributed by atoms with E-state index in [0.717, 1.165) is 23.4 Å². The van der Waals surface area contributed by atoms with Crippen LogP contribution in [0.2, 0.25) is 0 Å². The third-order valence-electron chi connectivity index (χ3n) is 5.35. The van der Waals surface area contributed by atoms with Crippen LogP contribution in [-0.4, -0.2) is 44.8 Å². The summed E-state index contributed by atoms with van der Waals surface area (Å²) in [7, 11) is 0. The van der Waals surface area contributed by atoms with Gasteiger partial charge in [0.2, 0.25) is 5.95 Å². The molecule has 1 N–H and O–H groups in total. The number of carbonyl (C=O) groups excluding carboxylic acids is 1. The van der Waals surface area contributed by atoms with E-state index in [9.17, 15) is 26.7 Å². The van der Waals surface area contributed by atoms with Gasteiger partial charge in [-0.15, -0.1) is 0 Å². The molecule has 3 aromatic heterocycles. The van der Waals surface area contributed by atoms with E-state index in [0.29, 0.717) is 16.8 Å². The van der Waals surface area contributed by atoms with E-state index >= 15 is 0 Å². The summed E-state index contributed by atoms with van der Waals surface area (Å²) in [6.07, 6.45) is -3.64. The van der Waals surface area contributed by atoms with E-state index in [-0.39, 0.29) is 12.6 Å². The Bertz CT molecular complexity index is 1220. The number of rotatable bonds is 6. The third-order valence-corrected chi connectivity index (χ3v) is 5.35. The minimum atomic E-state index is -4.57. The van der Waals surface area contributed by atoms with E-state index < -0.39 is 47.9 Å². The van der Waals surface area contributed by atoms with Crippen LogP contribution in [0.1, 0.15) is 31.3 Å². The Morgan fingerprint density at radius 1 is 1.11 bits per heavy atom. The molecule has 1 aliphatic rings. The molecule has 0 aromatic carbocycles. The summed E-state index contributed by atoms with van der Waals surface area (Å²) < 4.78 is 71.9. The molecule has 0 radical (unpaired) electrons. The first-order valence-corrected chi connectivity index (χ1v) is 10.4. The van der Waals surface area contributed by atoms with Gasteiger partial charge in [-0.1, -0.05) is 6.07 Å². The average molecular weight is 494 g/mol. The number of nitrogens with zero attached hydrogens (tertiary/aromatic N) is 5. The van der Waals surface area contributed by atoms with E-state index in [1.807, 2.05) is 0 Å². The van der Waals surface area contributed by atoms with Crippen molar-refractivity contribution in [2.24, 2.45) is 0 Å². The lowest BCUT2D eigenvalue weighted by Crippen LogP contribution is -2.40. The maximum Gasteiger partial charge on any atom is 0.433 e. The number of anilines is 2. The minimum absolute atomic E-state index is 0.0475. The van der Waals surface area contributed by atoms with Crippen LogP contribution < -0.4 is 10.2 Å². The fraction of sp³-hybridized carbons (Fsp3) is 0.318. The molecule has 1 aliphatic heterocycles. The van der Waals surface area contributed by atoms with Crippen LogP contribution in [0.3, 0.4) is 0 Å². The van der Waals surface area contributed by atoms with Crippen molar-refractivity contribution in [3.05, 3.63) is 60.1 Å². The average Bonchev–Trinajstić information content (AvgIpc) is 3.21. The van der Waals surface area contributed by atoms with Gasteiger partial charge >= 0.3 is 12.3 Å². The predicted octanol–water partition coefficient (Wildman–Crippen LogP) is 4.95. The van der Waals surface area contributed by atoms with Crippen LogP contribution in [0.5, 0.6) is 0 Å². The number of pyridine rings is 2. The number of alkyl halides is 4. The van der Waals surface area contributed by atoms with E-state index in [4.69, 9.17) is 4.74 Å². The Morgan fingerprint density at radius 2 is 1.89 bits per heavy atom. The molecule has 0 bridgehead atoms. The molecule has 0 saturated carbocycles. The number of hydrogen-bond acceptors (Lipinski definition) is 7. The van der Waals surface area contributed by atoms with Gasteiger partial charge in [-0.25, -0.2) is 23.5 Å². The van der Waals surface area contributed by atoms with Crippen molar-refractivity contribution in [1.82, 2.24) is 19.9 Å². The molecule has 4 heterocycles.